The average Bonchev–Trinajstić information content (AvgIpc) is 2.21. The van der Waals surface area contributed by atoms with Gasteiger partial charge in [-0.1, -0.05) is 6.08 Å². The molecule has 0 heterocycles. The van der Waals surface area contributed by atoms with E-state index in [1.54, 1.807) is 0 Å². The maximum absolute atomic E-state index is 9.62. The molecule has 2 nitrogen and oxygen atoms in total. The zero-order valence-electron chi connectivity index (χ0n) is 8.21. The lowest BCUT2D eigenvalue weighted by Gasteiger charge is -2.12. The van der Waals surface area contributed by atoms with Crippen molar-refractivity contribution in [3.63, 3.8) is 0 Å². The Morgan fingerprint density at radius 3 is 2.40 bits per heavy atom. The topological polar surface area (TPSA) is 46.2 Å². The lowest BCUT2D eigenvalue weighted by molar-refractivity contribution is 0.467. The summed E-state index contributed by atoms with van der Waals surface area (Å²) in [6, 6.07) is 3.89. The van der Waals surface area contributed by atoms with Crippen LogP contribution in [0.4, 0.5) is 0 Å². The molecule has 0 saturated carbocycles. The van der Waals surface area contributed by atoms with E-state index in [0.717, 1.165) is 25.5 Å². The van der Waals surface area contributed by atoms with Crippen LogP contribution in [0.3, 0.4) is 0 Å². The van der Waals surface area contributed by atoms with Crippen molar-refractivity contribution in [2.24, 2.45) is 5.73 Å². The van der Waals surface area contributed by atoms with E-state index < -0.39 is 0 Å². The number of nitrogens with two attached hydrogens (primary N) is 1. The summed E-state index contributed by atoms with van der Waals surface area (Å²) >= 11 is 4.23. The van der Waals surface area contributed by atoms with E-state index in [1.807, 2.05) is 18.2 Å². The van der Waals surface area contributed by atoms with Gasteiger partial charge in [-0.2, -0.15) is 0 Å². The van der Waals surface area contributed by atoms with Crippen LogP contribution in [0.15, 0.2) is 24.8 Å². The molecule has 1 aromatic carbocycles. The molecular weight excluding hydrogens is 416 g/mol. The molecule has 1 rings (SSSR count). The van der Waals surface area contributed by atoms with Gasteiger partial charge in [0.05, 0.1) is 7.14 Å². The molecule has 15 heavy (non-hydrogen) atoms. The molecule has 0 fully saturated rings. The smallest absolute Gasteiger partial charge is 0.142 e. The Bertz CT molecular complexity index is 343. The second kappa shape index (κ2) is 6.05. The first kappa shape index (κ1) is 13.2. The Kier molecular flexibility index (Phi) is 5.34. The highest BCUT2D eigenvalue weighted by Gasteiger charge is 2.10. The monoisotopic (exact) mass is 429 g/mol. The average molecular weight is 429 g/mol. The molecule has 0 aliphatic rings. The molecule has 3 N–H and O–H groups in total. The molecule has 0 saturated heterocycles. The van der Waals surface area contributed by atoms with Crippen molar-refractivity contribution in [2.75, 3.05) is 0 Å². The number of allylic oxidation sites excluding steroid dienone is 1. The van der Waals surface area contributed by atoms with Crippen molar-refractivity contribution < 1.29 is 5.11 Å². The van der Waals surface area contributed by atoms with Gasteiger partial charge in [0.25, 0.3) is 0 Å². The number of phenolic OH excluding ortho intramolecular Hbond substituents is 1. The molecule has 82 valence electrons. The molecule has 0 aromatic heterocycles. The van der Waals surface area contributed by atoms with E-state index in [-0.39, 0.29) is 6.04 Å². The Morgan fingerprint density at radius 1 is 1.40 bits per heavy atom. The van der Waals surface area contributed by atoms with E-state index in [9.17, 15) is 5.11 Å². The predicted molar refractivity (Wildman–Crippen MR) is 79.9 cm³/mol. The standard InChI is InChI=1S/C11H13I2NO/c1-2-3-4-10(14)7-5-8(12)11(15)9(13)6-7/h2,5-6,10,15H,1,3-4,14H2/t10-/m0/s1. The van der Waals surface area contributed by atoms with Crippen LogP contribution in [-0.4, -0.2) is 5.11 Å². The summed E-state index contributed by atoms with van der Waals surface area (Å²) < 4.78 is 1.70. The molecule has 0 aliphatic carbocycles. The second-order valence-electron chi connectivity index (χ2n) is 3.31. The van der Waals surface area contributed by atoms with E-state index in [4.69, 9.17) is 5.73 Å². The Morgan fingerprint density at radius 2 is 1.93 bits per heavy atom. The Balaban J connectivity index is 2.90. The third kappa shape index (κ3) is 3.60. The van der Waals surface area contributed by atoms with Gasteiger partial charge < -0.3 is 10.8 Å². The molecule has 0 bridgehead atoms. The fraction of sp³-hybridized carbons (Fsp3) is 0.273. The normalized spacial score (nSPS) is 12.5. The van der Waals surface area contributed by atoms with E-state index in [2.05, 4.69) is 51.8 Å². The van der Waals surface area contributed by atoms with Crippen molar-refractivity contribution in [1.82, 2.24) is 0 Å². The first-order valence-corrected chi connectivity index (χ1v) is 6.76. The fourth-order valence-corrected chi connectivity index (χ4v) is 3.08. The van der Waals surface area contributed by atoms with Crippen molar-refractivity contribution in [1.29, 1.82) is 0 Å². The summed E-state index contributed by atoms with van der Waals surface area (Å²) in [6.07, 6.45) is 3.67. The molecule has 0 radical (unpaired) electrons. The minimum Gasteiger partial charge on any atom is -0.506 e. The van der Waals surface area contributed by atoms with Gasteiger partial charge in [-0.15, -0.1) is 6.58 Å². The summed E-state index contributed by atoms with van der Waals surface area (Å²) in [5, 5.41) is 9.62. The first-order valence-electron chi connectivity index (χ1n) is 4.60. The third-order valence-electron chi connectivity index (χ3n) is 2.15. The van der Waals surface area contributed by atoms with Gasteiger partial charge in [-0.25, -0.2) is 0 Å². The summed E-state index contributed by atoms with van der Waals surface area (Å²) in [5.74, 6) is 0.343. The number of halogens is 2. The third-order valence-corrected chi connectivity index (χ3v) is 3.79. The van der Waals surface area contributed by atoms with E-state index in [0.29, 0.717) is 5.75 Å². The zero-order chi connectivity index (χ0) is 11.4. The number of aromatic hydroxyl groups is 1. The molecule has 0 amide bonds. The predicted octanol–water partition coefficient (Wildman–Crippen LogP) is 3.57. The first-order chi connectivity index (χ1) is 7.06. The highest BCUT2D eigenvalue weighted by atomic mass is 127. The minimum atomic E-state index is 0.0191. The van der Waals surface area contributed by atoms with Gasteiger partial charge in [0.15, 0.2) is 0 Å². The largest absolute Gasteiger partial charge is 0.506 e. The summed E-state index contributed by atoms with van der Waals surface area (Å²) in [7, 11) is 0. The Labute approximate surface area is 117 Å². The maximum atomic E-state index is 9.62. The molecule has 1 atom stereocenters. The van der Waals surface area contributed by atoms with Crippen LogP contribution < -0.4 is 5.73 Å². The van der Waals surface area contributed by atoms with Crippen molar-refractivity contribution >= 4 is 45.2 Å². The minimum absolute atomic E-state index is 0.0191. The van der Waals surface area contributed by atoms with Gasteiger partial charge in [0, 0.05) is 6.04 Å². The van der Waals surface area contributed by atoms with Crippen LogP contribution in [0.5, 0.6) is 5.75 Å². The van der Waals surface area contributed by atoms with Gasteiger partial charge in [0.1, 0.15) is 5.75 Å². The van der Waals surface area contributed by atoms with Crippen LogP contribution in [0.1, 0.15) is 24.4 Å². The number of hydrogen-bond acceptors (Lipinski definition) is 2. The zero-order valence-corrected chi connectivity index (χ0v) is 12.5. The van der Waals surface area contributed by atoms with Crippen LogP contribution in [0.2, 0.25) is 0 Å². The van der Waals surface area contributed by atoms with Gasteiger partial charge in [-0.05, 0) is 75.7 Å². The van der Waals surface area contributed by atoms with Crippen LogP contribution in [0, 0.1) is 7.14 Å². The Hall–Kier alpha value is 0.180. The molecule has 1 aromatic rings. The summed E-state index contributed by atoms with van der Waals surface area (Å²) in [5.41, 5.74) is 7.11. The molecule has 4 heteroatoms. The number of hydrogen-bond donors (Lipinski definition) is 2. The van der Waals surface area contributed by atoms with Crippen LogP contribution in [-0.2, 0) is 0 Å². The van der Waals surface area contributed by atoms with Crippen molar-refractivity contribution in [3.05, 3.63) is 37.5 Å². The fourth-order valence-electron chi connectivity index (χ4n) is 1.26. The number of rotatable bonds is 4. The SMILES string of the molecule is C=CCC[C@H](N)c1cc(I)c(O)c(I)c1. The van der Waals surface area contributed by atoms with Crippen LogP contribution >= 0.6 is 45.2 Å². The quantitative estimate of drug-likeness (QED) is 0.568. The lowest BCUT2D eigenvalue weighted by atomic mass is 10.0. The highest BCUT2D eigenvalue weighted by Crippen LogP contribution is 2.30. The summed E-state index contributed by atoms with van der Waals surface area (Å²) in [4.78, 5) is 0. The molecule has 0 spiro atoms. The lowest BCUT2D eigenvalue weighted by Crippen LogP contribution is -2.10. The van der Waals surface area contributed by atoms with Gasteiger partial charge in [0.2, 0.25) is 0 Å². The van der Waals surface area contributed by atoms with E-state index in [1.165, 1.54) is 0 Å². The number of phenols is 1. The molecule has 0 aliphatic heterocycles. The molecule has 0 unspecified atom stereocenters. The second-order valence-corrected chi connectivity index (χ2v) is 5.63. The van der Waals surface area contributed by atoms with Crippen molar-refractivity contribution in [2.45, 2.75) is 18.9 Å². The van der Waals surface area contributed by atoms with Gasteiger partial charge in [-0.3, -0.25) is 0 Å². The highest BCUT2D eigenvalue weighted by molar-refractivity contribution is 14.1. The van der Waals surface area contributed by atoms with Crippen LogP contribution in [0.25, 0.3) is 0 Å². The maximum Gasteiger partial charge on any atom is 0.142 e. The number of benzene rings is 1. The summed E-state index contributed by atoms with van der Waals surface area (Å²) in [6.45, 7) is 3.68. The van der Waals surface area contributed by atoms with Gasteiger partial charge >= 0.3 is 0 Å². The van der Waals surface area contributed by atoms with E-state index >= 15 is 0 Å². The molecular formula is C11H13I2NO. The van der Waals surface area contributed by atoms with Crippen molar-refractivity contribution in [3.8, 4) is 5.75 Å².